The first kappa shape index (κ1) is 20.2. The molecular formula is C26H30O2. The summed E-state index contributed by atoms with van der Waals surface area (Å²) in [5, 5.41) is 8.63. The van der Waals surface area contributed by atoms with Gasteiger partial charge in [0.2, 0.25) is 0 Å². The molecule has 146 valence electrons. The lowest BCUT2D eigenvalue weighted by molar-refractivity contribution is -0.137. The summed E-state index contributed by atoms with van der Waals surface area (Å²) in [6, 6.07) is 21.6. The minimum absolute atomic E-state index is 0.0691. The molecule has 1 aliphatic rings. The first-order chi connectivity index (χ1) is 13.7. The van der Waals surface area contributed by atoms with Crippen LogP contribution < -0.4 is 0 Å². The molecule has 1 unspecified atom stereocenters. The van der Waals surface area contributed by atoms with Crippen molar-refractivity contribution in [3.63, 3.8) is 0 Å². The highest BCUT2D eigenvalue weighted by atomic mass is 16.4. The molecule has 2 nitrogen and oxygen atoms in total. The average molecular weight is 375 g/mol. The predicted molar refractivity (Wildman–Crippen MR) is 114 cm³/mol. The maximum atomic E-state index is 10.5. The molecule has 0 aromatic heterocycles. The van der Waals surface area contributed by atoms with E-state index >= 15 is 0 Å². The highest BCUT2D eigenvalue weighted by molar-refractivity contribution is 5.66. The van der Waals surface area contributed by atoms with Crippen molar-refractivity contribution in [2.45, 2.75) is 63.2 Å². The summed E-state index contributed by atoms with van der Waals surface area (Å²) in [5.74, 6) is 6.71. The van der Waals surface area contributed by atoms with E-state index in [2.05, 4.69) is 72.5 Å². The van der Waals surface area contributed by atoms with Crippen molar-refractivity contribution < 1.29 is 9.90 Å². The molecule has 0 amide bonds. The second kappa shape index (κ2) is 10.1. The number of hydrogen-bond donors (Lipinski definition) is 1. The summed E-state index contributed by atoms with van der Waals surface area (Å²) in [7, 11) is 0. The van der Waals surface area contributed by atoms with Crippen LogP contribution in [-0.2, 0) is 10.2 Å². The zero-order valence-electron chi connectivity index (χ0n) is 16.6. The van der Waals surface area contributed by atoms with Crippen molar-refractivity contribution in [1.29, 1.82) is 0 Å². The topological polar surface area (TPSA) is 37.3 Å². The molecule has 1 saturated carbocycles. The largest absolute Gasteiger partial charge is 0.481 e. The third-order valence-electron chi connectivity index (χ3n) is 5.76. The molecule has 2 aromatic carbocycles. The lowest BCUT2D eigenvalue weighted by atomic mass is 9.86. The highest BCUT2D eigenvalue weighted by Gasteiger charge is 2.55. The van der Waals surface area contributed by atoms with E-state index in [4.69, 9.17) is 5.11 Å². The lowest BCUT2D eigenvalue weighted by Crippen LogP contribution is -2.11. The van der Waals surface area contributed by atoms with Crippen LogP contribution in [0.4, 0.5) is 0 Å². The second-order valence-electron chi connectivity index (χ2n) is 7.80. The normalized spacial score (nSPS) is 16.8. The Morgan fingerprint density at radius 3 is 1.96 bits per heavy atom. The molecule has 3 rings (SSSR count). The first-order valence-corrected chi connectivity index (χ1v) is 10.5. The van der Waals surface area contributed by atoms with Crippen LogP contribution in [0.5, 0.6) is 0 Å². The zero-order chi connectivity index (χ0) is 19.7. The van der Waals surface area contributed by atoms with Crippen LogP contribution in [-0.4, -0.2) is 11.1 Å². The third kappa shape index (κ3) is 5.26. The summed E-state index contributed by atoms with van der Waals surface area (Å²) < 4.78 is 0. The van der Waals surface area contributed by atoms with Crippen LogP contribution >= 0.6 is 0 Å². The van der Waals surface area contributed by atoms with Gasteiger partial charge in [-0.3, -0.25) is 4.79 Å². The minimum Gasteiger partial charge on any atom is -0.481 e. The molecule has 2 aromatic rings. The predicted octanol–water partition coefficient (Wildman–Crippen LogP) is 6.20. The Balaban J connectivity index is 1.46. The monoisotopic (exact) mass is 374 g/mol. The van der Waals surface area contributed by atoms with E-state index in [1.807, 2.05) is 0 Å². The number of unbranched alkanes of at least 4 members (excludes halogenated alkanes) is 6. The highest BCUT2D eigenvalue weighted by Crippen LogP contribution is 2.58. The van der Waals surface area contributed by atoms with Crippen molar-refractivity contribution >= 4 is 5.97 Å². The van der Waals surface area contributed by atoms with Gasteiger partial charge in [0, 0.05) is 24.2 Å². The van der Waals surface area contributed by atoms with E-state index in [-0.39, 0.29) is 5.41 Å². The van der Waals surface area contributed by atoms with Gasteiger partial charge in [0.05, 0.1) is 0 Å². The minimum atomic E-state index is -0.683. The standard InChI is InChI=1S/C26H30O2/c27-25(28)20-14-6-4-2-1-3-5-9-19-24-21-26(24,22-15-10-7-11-16-22)23-17-12-8-13-18-23/h7-8,10-13,15-18,24H,1-6,14,20-21H2,(H,27,28). The second-order valence-corrected chi connectivity index (χ2v) is 7.80. The third-order valence-corrected chi connectivity index (χ3v) is 5.76. The summed E-state index contributed by atoms with van der Waals surface area (Å²) >= 11 is 0. The molecule has 0 saturated heterocycles. The van der Waals surface area contributed by atoms with Gasteiger partial charge in [-0.15, -0.1) is 5.92 Å². The van der Waals surface area contributed by atoms with Crippen molar-refractivity contribution in [1.82, 2.24) is 0 Å². The van der Waals surface area contributed by atoms with Crippen LogP contribution in [0.1, 0.15) is 68.9 Å². The van der Waals surface area contributed by atoms with Gasteiger partial charge in [-0.25, -0.2) is 0 Å². The van der Waals surface area contributed by atoms with Crippen LogP contribution in [0.25, 0.3) is 0 Å². The fourth-order valence-corrected chi connectivity index (χ4v) is 4.11. The number of benzene rings is 2. The molecule has 0 aliphatic heterocycles. The zero-order valence-corrected chi connectivity index (χ0v) is 16.6. The molecule has 1 atom stereocenters. The maximum absolute atomic E-state index is 10.5. The number of carboxylic acid groups (broad SMARTS) is 1. The van der Waals surface area contributed by atoms with Crippen molar-refractivity contribution in [3.05, 3.63) is 71.8 Å². The van der Waals surface area contributed by atoms with E-state index in [0.29, 0.717) is 12.3 Å². The Labute approximate surface area is 169 Å². The van der Waals surface area contributed by atoms with E-state index in [1.165, 1.54) is 24.0 Å². The molecule has 28 heavy (non-hydrogen) atoms. The summed E-state index contributed by atoms with van der Waals surface area (Å²) in [5.41, 5.74) is 2.82. The van der Waals surface area contributed by atoms with Gasteiger partial charge < -0.3 is 5.11 Å². The van der Waals surface area contributed by atoms with Crippen molar-refractivity contribution in [2.24, 2.45) is 5.92 Å². The number of carbonyl (C=O) groups is 1. The van der Waals surface area contributed by atoms with Crippen LogP contribution in [0.15, 0.2) is 60.7 Å². The molecular weight excluding hydrogens is 344 g/mol. The smallest absolute Gasteiger partial charge is 0.303 e. The molecule has 2 heteroatoms. The van der Waals surface area contributed by atoms with Gasteiger partial charge in [-0.1, -0.05) is 92.3 Å². The molecule has 1 fully saturated rings. The number of carboxylic acids is 1. The van der Waals surface area contributed by atoms with Crippen molar-refractivity contribution in [3.8, 4) is 11.8 Å². The first-order valence-electron chi connectivity index (χ1n) is 10.5. The summed E-state index contributed by atoms with van der Waals surface area (Å²) in [6.45, 7) is 0. The Bertz CT molecular complexity index is 759. The van der Waals surface area contributed by atoms with Gasteiger partial charge in [0.15, 0.2) is 0 Å². The van der Waals surface area contributed by atoms with Gasteiger partial charge >= 0.3 is 5.97 Å². The molecule has 0 radical (unpaired) electrons. The Morgan fingerprint density at radius 2 is 1.39 bits per heavy atom. The van der Waals surface area contributed by atoms with Gasteiger partial charge in [0.25, 0.3) is 0 Å². The van der Waals surface area contributed by atoms with E-state index in [9.17, 15) is 4.79 Å². The molecule has 0 heterocycles. The fraction of sp³-hybridized carbons (Fsp3) is 0.423. The maximum Gasteiger partial charge on any atom is 0.303 e. The molecule has 0 spiro atoms. The van der Waals surface area contributed by atoms with Crippen molar-refractivity contribution in [2.75, 3.05) is 0 Å². The Hall–Kier alpha value is -2.53. The fourth-order valence-electron chi connectivity index (χ4n) is 4.11. The molecule has 1 N–H and O–H groups in total. The van der Waals surface area contributed by atoms with E-state index in [1.54, 1.807) is 0 Å². The summed E-state index contributed by atoms with van der Waals surface area (Å²) in [4.78, 5) is 10.5. The quantitative estimate of drug-likeness (QED) is 0.397. The SMILES string of the molecule is O=C(O)CCCCCCCCC#CC1CC1(c1ccccc1)c1ccccc1. The van der Waals surface area contributed by atoms with Crippen LogP contribution in [0, 0.1) is 17.8 Å². The van der Waals surface area contributed by atoms with E-state index in [0.717, 1.165) is 38.5 Å². The Morgan fingerprint density at radius 1 is 0.857 bits per heavy atom. The number of rotatable bonds is 10. The van der Waals surface area contributed by atoms with Gasteiger partial charge in [0.1, 0.15) is 0 Å². The molecule has 0 bridgehead atoms. The number of hydrogen-bond acceptors (Lipinski definition) is 1. The van der Waals surface area contributed by atoms with Gasteiger partial charge in [-0.2, -0.15) is 0 Å². The van der Waals surface area contributed by atoms with Crippen LogP contribution in [0.3, 0.4) is 0 Å². The average Bonchev–Trinajstić information content (AvgIpc) is 3.46. The lowest BCUT2D eigenvalue weighted by Gasteiger charge is -2.17. The van der Waals surface area contributed by atoms with Gasteiger partial charge in [-0.05, 0) is 30.4 Å². The Kier molecular flexibility index (Phi) is 7.31. The van der Waals surface area contributed by atoms with E-state index < -0.39 is 5.97 Å². The molecule has 1 aliphatic carbocycles. The summed E-state index contributed by atoms with van der Waals surface area (Å²) in [6.07, 6.45) is 8.85. The number of aliphatic carboxylic acids is 1. The van der Waals surface area contributed by atoms with Crippen LogP contribution in [0.2, 0.25) is 0 Å².